The van der Waals surface area contributed by atoms with Crippen LogP contribution in [-0.4, -0.2) is 16.0 Å². The number of hydrogen-bond donors (Lipinski definition) is 1. The summed E-state index contributed by atoms with van der Waals surface area (Å²) in [5, 5.41) is 1.02. The standard InChI is InChI=1S/C11H15Cl2NOS/c1-8(14)4-5-16(15)7-9-2-3-10(12)11(13)6-9/h2-3,6,8H,4-5,7,14H2,1H3. The summed E-state index contributed by atoms with van der Waals surface area (Å²) < 4.78 is 11.7. The second-order valence-electron chi connectivity index (χ2n) is 3.80. The minimum atomic E-state index is -0.888. The van der Waals surface area contributed by atoms with E-state index < -0.39 is 10.8 Å². The number of hydrogen-bond acceptors (Lipinski definition) is 2. The van der Waals surface area contributed by atoms with Crippen molar-refractivity contribution >= 4 is 34.0 Å². The molecule has 2 unspecified atom stereocenters. The van der Waals surface area contributed by atoms with E-state index in [1.54, 1.807) is 12.1 Å². The average molecular weight is 280 g/mol. The number of benzene rings is 1. The Hall–Kier alpha value is -0.0900. The maximum absolute atomic E-state index is 11.7. The molecule has 0 saturated heterocycles. The minimum absolute atomic E-state index is 0.0951. The molecular weight excluding hydrogens is 265 g/mol. The van der Waals surface area contributed by atoms with Crippen molar-refractivity contribution in [2.75, 3.05) is 5.75 Å². The van der Waals surface area contributed by atoms with Gasteiger partial charge in [-0.2, -0.15) is 0 Å². The summed E-state index contributed by atoms with van der Waals surface area (Å²) in [5.41, 5.74) is 6.55. The predicted molar refractivity (Wildman–Crippen MR) is 71.4 cm³/mol. The van der Waals surface area contributed by atoms with Crippen molar-refractivity contribution in [2.24, 2.45) is 5.73 Å². The van der Waals surface area contributed by atoms with E-state index in [2.05, 4.69) is 0 Å². The zero-order valence-electron chi connectivity index (χ0n) is 9.08. The Morgan fingerprint density at radius 2 is 2.06 bits per heavy atom. The van der Waals surface area contributed by atoms with Gasteiger partial charge in [-0.15, -0.1) is 0 Å². The van der Waals surface area contributed by atoms with Crippen molar-refractivity contribution in [1.29, 1.82) is 0 Å². The van der Waals surface area contributed by atoms with Crippen LogP contribution in [0.5, 0.6) is 0 Å². The van der Waals surface area contributed by atoms with Crippen molar-refractivity contribution in [1.82, 2.24) is 0 Å². The molecule has 0 aliphatic heterocycles. The van der Waals surface area contributed by atoms with Gasteiger partial charge in [-0.3, -0.25) is 4.21 Å². The highest BCUT2D eigenvalue weighted by molar-refractivity contribution is 7.84. The smallest absolute Gasteiger partial charge is 0.0595 e. The van der Waals surface area contributed by atoms with Gasteiger partial charge in [0, 0.05) is 28.3 Å². The molecule has 90 valence electrons. The molecule has 0 aliphatic rings. The van der Waals surface area contributed by atoms with Crippen molar-refractivity contribution in [3.8, 4) is 0 Å². The second kappa shape index (κ2) is 6.60. The molecule has 0 aliphatic carbocycles. The molecule has 0 bridgehead atoms. The molecule has 2 N–H and O–H groups in total. The van der Waals surface area contributed by atoms with Gasteiger partial charge in [-0.25, -0.2) is 0 Å². The molecule has 1 rings (SSSR count). The highest BCUT2D eigenvalue weighted by atomic mass is 35.5. The van der Waals surface area contributed by atoms with Crippen LogP contribution in [0.2, 0.25) is 10.0 Å². The van der Waals surface area contributed by atoms with Crippen molar-refractivity contribution in [2.45, 2.75) is 25.1 Å². The lowest BCUT2D eigenvalue weighted by Gasteiger charge is -2.06. The first kappa shape index (κ1) is 14.0. The largest absolute Gasteiger partial charge is 0.328 e. The first-order chi connectivity index (χ1) is 7.49. The molecule has 0 fully saturated rings. The van der Waals surface area contributed by atoms with E-state index in [9.17, 15) is 4.21 Å². The highest BCUT2D eigenvalue weighted by Gasteiger charge is 2.05. The molecule has 0 aromatic heterocycles. The summed E-state index contributed by atoms with van der Waals surface area (Å²) in [5.74, 6) is 1.13. The van der Waals surface area contributed by atoms with Gasteiger partial charge in [0.1, 0.15) is 0 Å². The first-order valence-electron chi connectivity index (χ1n) is 5.03. The molecule has 1 aromatic rings. The van der Waals surface area contributed by atoms with Crippen molar-refractivity contribution < 1.29 is 4.21 Å². The Kier molecular flexibility index (Phi) is 5.76. The third-order valence-electron chi connectivity index (χ3n) is 2.11. The van der Waals surface area contributed by atoms with E-state index in [0.717, 1.165) is 12.0 Å². The second-order valence-corrected chi connectivity index (χ2v) is 6.19. The summed E-state index contributed by atoms with van der Waals surface area (Å²) in [4.78, 5) is 0. The maximum Gasteiger partial charge on any atom is 0.0595 e. The van der Waals surface area contributed by atoms with E-state index in [-0.39, 0.29) is 6.04 Å². The summed E-state index contributed by atoms with van der Waals surface area (Å²) in [7, 11) is -0.888. The molecule has 0 amide bonds. The van der Waals surface area contributed by atoms with Gasteiger partial charge in [0.15, 0.2) is 0 Å². The molecular formula is C11H15Cl2NOS. The molecule has 0 saturated carbocycles. The molecule has 16 heavy (non-hydrogen) atoms. The lowest BCUT2D eigenvalue weighted by Crippen LogP contribution is -2.18. The minimum Gasteiger partial charge on any atom is -0.328 e. The fraction of sp³-hybridized carbons (Fsp3) is 0.455. The van der Waals surface area contributed by atoms with E-state index in [1.807, 2.05) is 13.0 Å². The zero-order valence-corrected chi connectivity index (χ0v) is 11.4. The third kappa shape index (κ3) is 4.83. The van der Waals surface area contributed by atoms with Crippen LogP contribution in [0.15, 0.2) is 18.2 Å². The Labute approximate surface area is 109 Å². The van der Waals surface area contributed by atoms with Crippen LogP contribution in [0.4, 0.5) is 0 Å². The van der Waals surface area contributed by atoms with E-state index in [1.165, 1.54) is 0 Å². The number of rotatable bonds is 5. The lowest BCUT2D eigenvalue weighted by atomic mass is 10.2. The van der Waals surface area contributed by atoms with Crippen molar-refractivity contribution in [3.05, 3.63) is 33.8 Å². The van der Waals surface area contributed by atoms with Gasteiger partial charge < -0.3 is 5.73 Å². The summed E-state index contributed by atoms with van der Waals surface area (Å²) >= 11 is 11.7. The number of halogens is 2. The normalized spacial score (nSPS) is 14.8. The lowest BCUT2D eigenvalue weighted by molar-refractivity contribution is 0.667. The monoisotopic (exact) mass is 279 g/mol. The van der Waals surface area contributed by atoms with Crippen LogP contribution in [0.1, 0.15) is 18.9 Å². The fourth-order valence-electron chi connectivity index (χ4n) is 1.20. The average Bonchev–Trinajstić information content (AvgIpc) is 2.21. The molecule has 0 heterocycles. The van der Waals surface area contributed by atoms with E-state index >= 15 is 0 Å². The van der Waals surface area contributed by atoms with Gasteiger partial charge >= 0.3 is 0 Å². The first-order valence-corrected chi connectivity index (χ1v) is 7.28. The fourth-order valence-corrected chi connectivity index (χ4v) is 2.86. The van der Waals surface area contributed by atoms with Crippen LogP contribution in [0, 0.1) is 0 Å². The van der Waals surface area contributed by atoms with E-state index in [4.69, 9.17) is 28.9 Å². The van der Waals surface area contributed by atoms with Crippen LogP contribution in [0.3, 0.4) is 0 Å². The van der Waals surface area contributed by atoms with Gasteiger partial charge in [0.25, 0.3) is 0 Å². The Balaban J connectivity index is 2.53. The van der Waals surface area contributed by atoms with E-state index in [0.29, 0.717) is 21.6 Å². The van der Waals surface area contributed by atoms with Crippen LogP contribution in [-0.2, 0) is 16.6 Å². The van der Waals surface area contributed by atoms with Crippen LogP contribution >= 0.6 is 23.2 Å². The molecule has 2 atom stereocenters. The molecule has 1 aromatic carbocycles. The Morgan fingerprint density at radius 1 is 1.38 bits per heavy atom. The topological polar surface area (TPSA) is 43.1 Å². The summed E-state index contributed by atoms with van der Waals surface area (Å²) in [6, 6.07) is 5.42. The predicted octanol–water partition coefficient (Wildman–Crippen LogP) is 2.98. The summed E-state index contributed by atoms with van der Waals surface area (Å²) in [6.07, 6.45) is 0.772. The van der Waals surface area contributed by atoms with Gasteiger partial charge in [-0.1, -0.05) is 29.3 Å². The van der Waals surface area contributed by atoms with Gasteiger partial charge in [-0.05, 0) is 31.0 Å². The van der Waals surface area contributed by atoms with Gasteiger partial charge in [0.05, 0.1) is 10.0 Å². The molecule has 0 radical (unpaired) electrons. The molecule has 0 spiro atoms. The third-order valence-corrected chi connectivity index (χ3v) is 4.20. The van der Waals surface area contributed by atoms with Crippen LogP contribution in [0.25, 0.3) is 0 Å². The Bertz CT molecular complexity index is 382. The van der Waals surface area contributed by atoms with Gasteiger partial charge in [0.2, 0.25) is 0 Å². The van der Waals surface area contributed by atoms with Crippen molar-refractivity contribution in [3.63, 3.8) is 0 Å². The molecule has 5 heteroatoms. The maximum atomic E-state index is 11.7. The quantitative estimate of drug-likeness (QED) is 0.901. The SMILES string of the molecule is CC(N)CCS(=O)Cc1ccc(Cl)c(Cl)c1. The Morgan fingerprint density at radius 3 is 2.62 bits per heavy atom. The molecule has 2 nitrogen and oxygen atoms in total. The zero-order chi connectivity index (χ0) is 12.1. The van der Waals surface area contributed by atoms with Crippen LogP contribution < -0.4 is 5.73 Å². The highest BCUT2D eigenvalue weighted by Crippen LogP contribution is 2.23. The number of nitrogens with two attached hydrogens (primary N) is 1. The summed E-state index contributed by atoms with van der Waals surface area (Å²) in [6.45, 7) is 1.91.